The Morgan fingerprint density at radius 3 is 2.50 bits per heavy atom. The van der Waals surface area contributed by atoms with Gasteiger partial charge in [0.05, 0.1) is 11.4 Å². The second kappa shape index (κ2) is 5.67. The molecule has 0 saturated heterocycles. The van der Waals surface area contributed by atoms with E-state index in [1.165, 1.54) is 4.68 Å². The van der Waals surface area contributed by atoms with E-state index in [0.717, 1.165) is 5.69 Å². The molecular weight excluding hydrogens is 323 g/mol. The molecule has 6 nitrogen and oxygen atoms in total. The monoisotopic (exact) mass is 334 g/mol. The number of halogens is 2. The van der Waals surface area contributed by atoms with Gasteiger partial charge in [0.2, 0.25) is 0 Å². The smallest absolute Gasteiger partial charge is 0.207 e. The summed E-state index contributed by atoms with van der Waals surface area (Å²) in [5.74, 6) is 0.338. The summed E-state index contributed by atoms with van der Waals surface area (Å²) in [6.07, 6.45) is 1.17. The van der Waals surface area contributed by atoms with Crippen molar-refractivity contribution in [2.24, 2.45) is 0 Å². The molecule has 0 N–H and O–H groups in total. The normalized spacial score (nSPS) is 11.8. The van der Waals surface area contributed by atoms with Crippen LogP contribution >= 0.6 is 22.3 Å². The number of hydrogen-bond donors (Lipinski definition) is 0. The van der Waals surface area contributed by atoms with E-state index >= 15 is 0 Å². The predicted octanol–water partition coefficient (Wildman–Crippen LogP) is 2.50. The van der Waals surface area contributed by atoms with Gasteiger partial charge in [-0.15, -0.1) is 5.10 Å². The first kappa shape index (κ1) is 15.2. The third kappa shape index (κ3) is 2.94. The summed E-state index contributed by atoms with van der Waals surface area (Å²) >= 11 is 6.09. The SMILES string of the molecule is CCCc1nn(-c2ccc(C)nn2)c(Cl)c1S(=O)(=O)Cl. The first-order valence-electron chi connectivity index (χ1n) is 5.87. The Kier molecular flexibility index (Phi) is 4.31. The Morgan fingerprint density at radius 1 is 1.30 bits per heavy atom. The molecule has 0 fully saturated rings. The fourth-order valence-corrected chi connectivity index (χ4v) is 3.58. The van der Waals surface area contributed by atoms with Crippen LogP contribution in [0.1, 0.15) is 24.7 Å². The lowest BCUT2D eigenvalue weighted by atomic mass is 10.2. The molecule has 2 aromatic rings. The molecule has 0 spiro atoms. The van der Waals surface area contributed by atoms with Gasteiger partial charge in [0.25, 0.3) is 9.05 Å². The third-order valence-electron chi connectivity index (χ3n) is 2.59. The van der Waals surface area contributed by atoms with Crippen LogP contribution in [0.3, 0.4) is 0 Å². The standard InChI is InChI=1S/C11H12Cl2N4O2S/c1-3-4-8-10(20(13,18)19)11(12)17(16-8)9-6-5-7(2)14-15-9/h5-6H,3-4H2,1-2H3. The first-order valence-corrected chi connectivity index (χ1v) is 8.56. The number of aromatic nitrogens is 4. The Balaban J connectivity index is 2.64. The summed E-state index contributed by atoms with van der Waals surface area (Å²) < 4.78 is 24.5. The quantitative estimate of drug-likeness (QED) is 0.802. The maximum absolute atomic E-state index is 11.6. The minimum absolute atomic E-state index is 0.0818. The molecule has 2 heterocycles. The second-order valence-electron chi connectivity index (χ2n) is 4.20. The number of rotatable bonds is 4. The summed E-state index contributed by atoms with van der Waals surface area (Å²) in [5.41, 5.74) is 1.06. The molecule has 9 heteroatoms. The molecule has 108 valence electrons. The summed E-state index contributed by atoms with van der Waals surface area (Å²) in [7, 11) is 1.46. The van der Waals surface area contributed by atoms with Crippen LogP contribution in [-0.4, -0.2) is 28.4 Å². The second-order valence-corrected chi connectivity index (χ2v) is 7.06. The van der Waals surface area contributed by atoms with Crippen molar-refractivity contribution in [3.8, 4) is 5.82 Å². The first-order chi connectivity index (χ1) is 9.34. The molecule has 0 amide bonds. The number of nitrogens with zero attached hydrogens (tertiary/aromatic N) is 4. The molecule has 0 unspecified atom stereocenters. The predicted molar refractivity (Wildman–Crippen MR) is 75.9 cm³/mol. The van der Waals surface area contributed by atoms with E-state index in [1.807, 2.05) is 6.92 Å². The van der Waals surface area contributed by atoms with Crippen LogP contribution in [0.15, 0.2) is 17.0 Å². The van der Waals surface area contributed by atoms with Gasteiger partial charge in [-0.3, -0.25) is 0 Å². The lowest BCUT2D eigenvalue weighted by Crippen LogP contribution is -2.02. The lowest BCUT2D eigenvalue weighted by Gasteiger charge is -2.01. The van der Waals surface area contributed by atoms with Gasteiger partial charge in [0, 0.05) is 10.7 Å². The molecule has 0 saturated carbocycles. The zero-order valence-corrected chi connectivity index (χ0v) is 13.2. The van der Waals surface area contributed by atoms with Gasteiger partial charge < -0.3 is 0 Å². The zero-order valence-electron chi connectivity index (χ0n) is 10.8. The van der Waals surface area contributed by atoms with Gasteiger partial charge in [-0.1, -0.05) is 24.9 Å². The fraction of sp³-hybridized carbons (Fsp3) is 0.364. The minimum Gasteiger partial charge on any atom is -0.207 e. The Morgan fingerprint density at radius 2 is 2.00 bits per heavy atom. The molecule has 0 aliphatic carbocycles. The number of aryl methyl sites for hydroxylation is 2. The maximum Gasteiger partial charge on any atom is 0.266 e. The highest BCUT2D eigenvalue weighted by molar-refractivity contribution is 8.13. The summed E-state index contributed by atoms with van der Waals surface area (Å²) in [5, 5.41) is 11.9. The topological polar surface area (TPSA) is 77.7 Å². The summed E-state index contributed by atoms with van der Waals surface area (Å²) in [6, 6.07) is 3.39. The number of hydrogen-bond acceptors (Lipinski definition) is 5. The maximum atomic E-state index is 11.6. The average molecular weight is 335 g/mol. The average Bonchev–Trinajstić information content (AvgIpc) is 2.67. The van der Waals surface area contributed by atoms with Gasteiger partial charge in [0.1, 0.15) is 4.90 Å². The van der Waals surface area contributed by atoms with Gasteiger partial charge >= 0.3 is 0 Å². The summed E-state index contributed by atoms with van der Waals surface area (Å²) in [4.78, 5) is -0.162. The van der Waals surface area contributed by atoms with Crippen molar-refractivity contribution in [3.63, 3.8) is 0 Å². The Bertz CT molecular complexity index is 726. The van der Waals surface area contributed by atoms with Crippen LogP contribution in [-0.2, 0) is 15.5 Å². The van der Waals surface area contributed by atoms with Crippen molar-refractivity contribution in [2.45, 2.75) is 31.6 Å². The van der Waals surface area contributed by atoms with Crippen molar-refractivity contribution in [2.75, 3.05) is 0 Å². The largest absolute Gasteiger partial charge is 0.266 e. The van der Waals surface area contributed by atoms with Crippen molar-refractivity contribution in [1.29, 1.82) is 0 Å². The lowest BCUT2D eigenvalue weighted by molar-refractivity contribution is 0.608. The molecule has 0 atom stereocenters. The Labute approximate surface area is 126 Å². The van der Waals surface area contributed by atoms with E-state index in [9.17, 15) is 8.42 Å². The van der Waals surface area contributed by atoms with E-state index in [4.69, 9.17) is 22.3 Å². The molecule has 2 rings (SSSR count). The van der Waals surface area contributed by atoms with Gasteiger partial charge in [-0.25, -0.2) is 13.1 Å². The molecule has 0 aliphatic heterocycles. The molecule has 2 aromatic heterocycles. The molecule has 0 aromatic carbocycles. The van der Waals surface area contributed by atoms with E-state index in [1.54, 1.807) is 19.1 Å². The van der Waals surface area contributed by atoms with Crippen molar-refractivity contribution in [1.82, 2.24) is 20.0 Å². The van der Waals surface area contributed by atoms with Crippen molar-refractivity contribution >= 4 is 31.3 Å². The van der Waals surface area contributed by atoms with E-state index in [-0.39, 0.29) is 10.0 Å². The minimum atomic E-state index is -3.97. The molecule has 0 radical (unpaired) electrons. The van der Waals surface area contributed by atoms with Crippen LogP contribution in [0.4, 0.5) is 0 Å². The van der Waals surface area contributed by atoms with Crippen LogP contribution in [0.5, 0.6) is 0 Å². The zero-order chi connectivity index (χ0) is 14.9. The summed E-state index contributed by atoms with van der Waals surface area (Å²) in [6.45, 7) is 3.70. The van der Waals surface area contributed by atoms with E-state index in [0.29, 0.717) is 24.4 Å². The molecule has 20 heavy (non-hydrogen) atoms. The highest BCUT2D eigenvalue weighted by Crippen LogP contribution is 2.30. The Hall–Kier alpha value is -1.18. The molecular formula is C11H12Cl2N4O2S. The van der Waals surface area contributed by atoms with Gasteiger partial charge in [0.15, 0.2) is 11.0 Å². The van der Waals surface area contributed by atoms with Crippen LogP contribution in [0, 0.1) is 6.92 Å². The van der Waals surface area contributed by atoms with E-state index in [2.05, 4.69) is 15.3 Å². The van der Waals surface area contributed by atoms with Crippen LogP contribution < -0.4 is 0 Å². The van der Waals surface area contributed by atoms with Crippen LogP contribution in [0.25, 0.3) is 5.82 Å². The van der Waals surface area contributed by atoms with Crippen molar-refractivity contribution < 1.29 is 8.42 Å². The third-order valence-corrected chi connectivity index (χ3v) is 4.43. The highest BCUT2D eigenvalue weighted by Gasteiger charge is 2.26. The van der Waals surface area contributed by atoms with Crippen LogP contribution in [0.2, 0.25) is 5.15 Å². The van der Waals surface area contributed by atoms with Crippen molar-refractivity contribution in [3.05, 3.63) is 28.7 Å². The highest BCUT2D eigenvalue weighted by atomic mass is 35.7. The van der Waals surface area contributed by atoms with Gasteiger partial charge in [-0.2, -0.15) is 10.2 Å². The molecule has 0 aliphatic rings. The fourth-order valence-electron chi connectivity index (χ4n) is 1.72. The van der Waals surface area contributed by atoms with Gasteiger partial charge in [-0.05, 0) is 25.5 Å². The molecule has 0 bridgehead atoms. The van der Waals surface area contributed by atoms with E-state index < -0.39 is 9.05 Å².